The molecular weight excluding hydrogens is 228 g/mol. The van der Waals surface area contributed by atoms with Crippen LogP contribution in [-0.2, 0) is 12.0 Å². The van der Waals surface area contributed by atoms with E-state index in [9.17, 15) is 5.11 Å². The van der Waals surface area contributed by atoms with Crippen molar-refractivity contribution in [2.75, 3.05) is 0 Å². The quantitative estimate of drug-likeness (QED) is 0.873. The van der Waals surface area contributed by atoms with Crippen molar-refractivity contribution in [3.8, 4) is 0 Å². The molecule has 1 aromatic carbocycles. The van der Waals surface area contributed by atoms with E-state index < -0.39 is 5.60 Å². The third-order valence-corrected chi connectivity index (χ3v) is 4.00. The van der Waals surface area contributed by atoms with Gasteiger partial charge in [0, 0.05) is 11.3 Å². The second kappa shape index (κ2) is 4.63. The highest BCUT2D eigenvalue weighted by molar-refractivity contribution is 7.10. The van der Waals surface area contributed by atoms with Crippen LogP contribution < -0.4 is 0 Å². The molecule has 0 saturated carbocycles. The molecule has 2 rings (SSSR count). The zero-order valence-electron chi connectivity index (χ0n) is 10.5. The van der Waals surface area contributed by atoms with Crippen LogP contribution in [0.25, 0.3) is 0 Å². The summed E-state index contributed by atoms with van der Waals surface area (Å²) in [7, 11) is 0. The van der Waals surface area contributed by atoms with Crippen LogP contribution >= 0.6 is 11.3 Å². The minimum Gasteiger partial charge on any atom is -0.384 e. The predicted molar refractivity (Wildman–Crippen MR) is 73.5 cm³/mol. The molecule has 1 aromatic heterocycles. The molecule has 0 radical (unpaired) electrons. The minimum absolute atomic E-state index is 0.663. The second-order valence-corrected chi connectivity index (χ2v) is 5.87. The van der Waals surface area contributed by atoms with Gasteiger partial charge in [-0.05, 0) is 37.8 Å². The highest BCUT2D eigenvalue weighted by atomic mass is 32.1. The summed E-state index contributed by atoms with van der Waals surface area (Å²) in [6.07, 6.45) is 0.663. The number of benzene rings is 1. The van der Waals surface area contributed by atoms with Crippen molar-refractivity contribution in [2.24, 2.45) is 0 Å². The monoisotopic (exact) mass is 246 g/mol. The fourth-order valence-corrected chi connectivity index (χ4v) is 3.03. The van der Waals surface area contributed by atoms with Crippen LogP contribution in [-0.4, -0.2) is 5.11 Å². The molecule has 0 spiro atoms. The Kier molecular flexibility index (Phi) is 3.36. The molecule has 0 saturated heterocycles. The summed E-state index contributed by atoms with van der Waals surface area (Å²) in [6, 6.07) is 10.4. The third kappa shape index (κ3) is 2.96. The van der Waals surface area contributed by atoms with Crippen molar-refractivity contribution < 1.29 is 5.11 Å². The highest BCUT2D eigenvalue weighted by Gasteiger charge is 2.24. The Balaban J connectivity index is 2.26. The summed E-state index contributed by atoms with van der Waals surface area (Å²) < 4.78 is 0. The first kappa shape index (κ1) is 12.3. The van der Waals surface area contributed by atoms with Crippen molar-refractivity contribution in [3.05, 3.63) is 57.3 Å². The molecule has 1 unspecified atom stereocenters. The Morgan fingerprint density at radius 3 is 2.35 bits per heavy atom. The number of rotatable bonds is 3. The summed E-state index contributed by atoms with van der Waals surface area (Å²) in [5, 5.41) is 12.5. The van der Waals surface area contributed by atoms with Crippen LogP contribution in [0.4, 0.5) is 0 Å². The first-order chi connectivity index (χ1) is 7.97. The first-order valence-corrected chi connectivity index (χ1v) is 6.69. The highest BCUT2D eigenvalue weighted by Crippen LogP contribution is 2.29. The lowest BCUT2D eigenvalue weighted by Crippen LogP contribution is -2.22. The average Bonchev–Trinajstić information content (AvgIpc) is 2.67. The van der Waals surface area contributed by atoms with Gasteiger partial charge in [0.15, 0.2) is 0 Å². The molecule has 2 heteroatoms. The lowest BCUT2D eigenvalue weighted by Gasteiger charge is -2.22. The maximum absolute atomic E-state index is 10.5. The standard InChI is InChI=1S/C15H18OS/c1-11-7-12(2)9-13(8-11)10-15(3,16)14-5-4-6-17-14/h4-9,16H,10H2,1-3H3. The van der Waals surface area contributed by atoms with Gasteiger partial charge in [-0.2, -0.15) is 0 Å². The van der Waals surface area contributed by atoms with Crippen LogP contribution in [0.5, 0.6) is 0 Å². The van der Waals surface area contributed by atoms with Gasteiger partial charge in [-0.25, -0.2) is 0 Å². The Hall–Kier alpha value is -1.12. The van der Waals surface area contributed by atoms with Gasteiger partial charge >= 0.3 is 0 Å². The third-order valence-electron chi connectivity index (χ3n) is 2.88. The molecule has 2 aromatic rings. The fraction of sp³-hybridized carbons (Fsp3) is 0.333. The molecule has 0 amide bonds. The molecule has 90 valence electrons. The number of aryl methyl sites for hydroxylation is 2. The molecule has 1 nitrogen and oxygen atoms in total. The van der Waals surface area contributed by atoms with Gasteiger partial charge in [0.25, 0.3) is 0 Å². The molecule has 17 heavy (non-hydrogen) atoms. The number of hydrogen-bond donors (Lipinski definition) is 1. The summed E-state index contributed by atoms with van der Waals surface area (Å²) in [5.74, 6) is 0. The summed E-state index contributed by atoms with van der Waals surface area (Å²) in [5.41, 5.74) is 2.93. The van der Waals surface area contributed by atoms with Crippen molar-refractivity contribution in [1.82, 2.24) is 0 Å². The summed E-state index contributed by atoms with van der Waals surface area (Å²) in [4.78, 5) is 1.02. The van der Waals surface area contributed by atoms with Gasteiger partial charge in [-0.1, -0.05) is 35.4 Å². The van der Waals surface area contributed by atoms with Crippen LogP contribution in [0.3, 0.4) is 0 Å². The van der Waals surface area contributed by atoms with E-state index in [0.717, 1.165) is 4.88 Å². The minimum atomic E-state index is -0.769. The Bertz CT molecular complexity index is 477. The van der Waals surface area contributed by atoms with Crippen LogP contribution in [0.1, 0.15) is 28.5 Å². The maximum atomic E-state index is 10.5. The van der Waals surface area contributed by atoms with E-state index in [4.69, 9.17) is 0 Å². The lowest BCUT2D eigenvalue weighted by molar-refractivity contribution is 0.0615. The van der Waals surface area contributed by atoms with E-state index in [1.807, 2.05) is 24.4 Å². The molecule has 1 heterocycles. The SMILES string of the molecule is Cc1cc(C)cc(CC(C)(O)c2cccs2)c1. The smallest absolute Gasteiger partial charge is 0.0999 e. The van der Waals surface area contributed by atoms with Gasteiger partial charge in [-0.3, -0.25) is 0 Å². The summed E-state index contributed by atoms with van der Waals surface area (Å²) in [6.45, 7) is 6.07. The second-order valence-electron chi connectivity index (χ2n) is 4.92. The predicted octanol–water partition coefficient (Wildman–Crippen LogP) is 3.82. The van der Waals surface area contributed by atoms with Gasteiger partial charge < -0.3 is 5.11 Å². The maximum Gasteiger partial charge on any atom is 0.0999 e. The van der Waals surface area contributed by atoms with Crippen molar-refractivity contribution in [2.45, 2.75) is 32.8 Å². The topological polar surface area (TPSA) is 20.2 Å². The van der Waals surface area contributed by atoms with Crippen LogP contribution in [0, 0.1) is 13.8 Å². The van der Waals surface area contributed by atoms with Gasteiger partial charge in [-0.15, -0.1) is 11.3 Å². The van der Waals surface area contributed by atoms with E-state index in [2.05, 4.69) is 32.0 Å². The molecule has 1 N–H and O–H groups in total. The Morgan fingerprint density at radius 1 is 1.18 bits per heavy atom. The Labute approximate surface area is 107 Å². The normalized spacial score (nSPS) is 14.6. The summed E-state index contributed by atoms with van der Waals surface area (Å²) >= 11 is 1.61. The number of thiophene rings is 1. The van der Waals surface area contributed by atoms with E-state index in [1.165, 1.54) is 16.7 Å². The Morgan fingerprint density at radius 2 is 1.82 bits per heavy atom. The lowest BCUT2D eigenvalue weighted by atomic mass is 9.93. The molecule has 1 atom stereocenters. The van der Waals surface area contributed by atoms with E-state index in [1.54, 1.807) is 11.3 Å². The van der Waals surface area contributed by atoms with E-state index in [-0.39, 0.29) is 0 Å². The van der Waals surface area contributed by atoms with Crippen molar-refractivity contribution in [3.63, 3.8) is 0 Å². The van der Waals surface area contributed by atoms with Gasteiger partial charge in [0.1, 0.15) is 0 Å². The fourth-order valence-electron chi connectivity index (χ4n) is 2.24. The molecular formula is C15H18OS. The van der Waals surface area contributed by atoms with Crippen LogP contribution in [0.15, 0.2) is 35.7 Å². The first-order valence-electron chi connectivity index (χ1n) is 5.81. The number of aliphatic hydroxyl groups is 1. The molecule has 0 bridgehead atoms. The zero-order chi connectivity index (χ0) is 12.5. The largest absolute Gasteiger partial charge is 0.384 e. The molecule has 0 fully saturated rings. The van der Waals surface area contributed by atoms with Crippen LogP contribution in [0.2, 0.25) is 0 Å². The zero-order valence-corrected chi connectivity index (χ0v) is 11.3. The molecule has 0 aliphatic rings. The van der Waals surface area contributed by atoms with E-state index >= 15 is 0 Å². The molecule has 0 aliphatic heterocycles. The van der Waals surface area contributed by atoms with Gasteiger partial charge in [0.2, 0.25) is 0 Å². The van der Waals surface area contributed by atoms with Gasteiger partial charge in [0.05, 0.1) is 5.60 Å². The van der Waals surface area contributed by atoms with Crippen molar-refractivity contribution in [1.29, 1.82) is 0 Å². The average molecular weight is 246 g/mol. The van der Waals surface area contributed by atoms with Crippen molar-refractivity contribution >= 4 is 11.3 Å². The number of hydrogen-bond acceptors (Lipinski definition) is 2. The van der Waals surface area contributed by atoms with E-state index in [0.29, 0.717) is 6.42 Å². The molecule has 0 aliphatic carbocycles.